The average molecular weight is 599 g/mol. The van der Waals surface area contributed by atoms with E-state index in [2.05, 4.69) is 26.0 Å². The van der Waals surface area contributed by atoms with Crippen molar-refractivity contribution >= 4 is 5.97 Å². The summed E-state index contributed by atoms with van der Waals surface area (Å²) in [6.45, 7) is 5.23. The van der Waals surface area contributed by atoms with Crippen molar-refractivity contribution in [2.75, 3.05) is 13.2 Å². The van der Waals surface area contributed by atoms with Gasteiger partial charge in [0.25, 0.3) is 0 Å². The van der Waals surface area contributed by atoms with Crippen LogP contribution in [0.25, 0.3) is 0 Å². The summed E-state index contributed by atoms with van der Waals surface area (Å²) in [4.78, 5) is 12.5. The summed E-state index contributed by atoms with van der Waals surface area (Å²) in [6, 6.07) is 9.02. The highest BCUT2D eigenvalue weighted by molar-refractivity contribution is 5.91. The molecule has 0 atom stereocenters. The lowest BCUT2D eigenvalue weighted by molar-refractivity contribution is 0.0728. The molecular weight excluding hydrogens is 546 g/mol. The third-order valence-electron chi connectivity index (χ3n) is 8.42. The minimum absolute atomic E-state index is 0.192. The lowest BCUT2D eigenvalue weighted by atomic mass is 9.79. The Morgan fingerprint density at radius 1 is 0.744 bits per heavy atom. The molecule has 238 valence electrons. The van der Waals surface area contributed by atoms with Crippen molar-refractivity contribution < 1.29 is 27.8 Å². The minimum Gasteiger partial charge on any atom is -0.490 e. The fourth-order valence-electron chi connectivity index (χ4n) is 5.73. The molecular formula is C37H52F2O4. The van der Waals surface area contributed by atoms with E-state index in [1.54, 1.807) is 24.3 Å². The molecule has 43 heavy (non-hydrogen) atoms. The number of halogens is 2. The Labute approximate surface area is 258 Å². The zero-order chi connectivity index (χ0) is 30.7. The molecule has 1 aliphatic carbocycles. The van der Waals surface area contributed by atoms with Gasteiger partial charge in [0.15, 0.2) is 11.6 Å². The molecule has 0 bridgehead atoms. The molecule has 0 saturated heterocycles. The van der Waals surface area contributed by atoms with Crippen molar-refractivity contribution in [1.29, 1.82) is 0 Å². The highest BCUT2D eigenvalue weighted by Gasteiger charge is 2.21. The number of hydrogen-bond acceptors (Lipinski definition) is 4. The molecule has 2 aromatic carbocycles. The zero-order valence-corrected chi connectivity index (χ0v) is 26.4. The van der Waals surface area contributed by atoms with Crippen LogP contribution >= 0.6 is 0 Å². The second-order valence-corrected chi connectivity index (χ2v) is 11.9. The van der Waals surface area contributed by atoms with Gasteiger partial charge in [0.2, 0.25) is 5.82 Å². The number of esters is 1. The quantitative estimate of drug-likeness (QED) is 0.0658. The lowest BCUT2D eigenvalue weighted by Gasteiger charge is -2.26. The molecule has 1 aliphatic rings. The summed E-state index contributed by atoms with van der Waals surface area (Å²) in [5, 5.41) is 0. The highest BCUT2D eigenvalue weighted by atomic mass is 19.2. The first-order valence-electron chi connectivity index (χ1n) is 16.7. The van der Waals surface area contributed by atoms with E-state index in [0.29, 0.717) is 24.9 Å². The predicted molar refractivity (Wildman–Crippen MR) is 170 cm³/mol. The molecule has 4 nitrogen and oxygen atoms in total. The maximum Gasteiger partial charge on any atom is 0.346 e. The lowest BCUT2D eigenvalue weighted by Crippen LogP contribution is -2.13. The minimum atomic E-state index is -1.27. The van der Waals surface area contributed by atoms with Gasteiger partial charge in [-0.25, -0.2) is 9.18 Å². The number of unbranched alkanes of at least 4 members (excludes halogenated alkanes) is 9. The number of carbonyl (C=O) groups is 1. The van der Waals surface area contributed by atoms with Crippen molar-refractivity contribution in [3.05, 3.63) is 65.7 Å². The van der Waals surface area contributed by atoms with E-state index in [1.165, 1.54) is 95.6 Å². The second-order valence-electron chi connectivity index (χ2n) is 11.9. The fourth-order valence-corrected chi connectivity index (χ4v) is 5.73. The van der Waals surface area contributed by atoms with Gasteiger partial charge in [-0.15, -0.1) is 0 Å². The molecule has 1 saturated carbocycles. The maximum absolute atomic E-state index is 14.7. The summed E-state index contributed by atoms with van der Waals surface area (Å²) >= 11 is 0. The third-order valence-corrected chi connectivity index (χ3v) is 8.42. The number of benzene rings is 2. The molecule has 3 rings (SSSR count). The Morgan fingerprint density at radius 2 is 1.37 bits per heavy atom. The summed E-state index contributed by atoms with van der Waals surface area (Å²) in [6.07, 6.45) is 24.0. The van der Waals surface area contributed by atoms with Gasteiger partial charge in [-0.05, 0) is 80.3 Å². The first kappa shape index (κ1) is 34.6. The average Bonchev–Trinajstić information content (AvgIpc) is 3.02. The standard InChI is InChI=1S/C37H52F2O4/c1-3-5-7-8-9-10-11-13-27-42-34-26-25-33(35(38)36(34)39)37(40)43-32-23-21-31(22-24-32)41-28-14-16-30-19-17-29(18-20-30)15-12-6-4-2/h14,16,21-26,29-30H,3-13,15,17-20,27-28H2,1-2H3/t29-,30-. The van der Waals surface area contributed by atoms with Crippen LogP contribution < -0.4 is 14.2 Å². The normalized spacial score (nSPS) is 16.8. The number of allylic oxidation sites excluding steroid dienone is 1. The van der Waals surface area contributed by atoms with Crippen LogP contribution in [0.5, 0.6) is 17.2 Å². The second kappa shape index (κ2) is 20.1. The van der Waals surface area contributed by atoms with Crippen molar-refractivity contribution in [3.63, 3.8) is 0 Å². The molecule has 0 heterocycles. The van der Waals surface area contributed by atoms with Crippen LogP contribution in [0.1, 0.15) is 127 Å². The van der Waals surface area contributed by atoms with Gasteiger partial charge in [-0.2, -0.15) is 4.39 Å². The largest absolute Gasteiger partial charge is 0.490 e. The Morgan fingerprint density at radius 3 is 2.07 bits per heavy atom. The highest BCUT2D eigenvalue weighted by Crippen LogP contribution is 2.32. The van der Waals surface area contributed by atoms with E-state index >= 15 is 0 Å². The van der Waals surface area contributed by atoms with E-state index in [1.807, 2.05) is 0 Å². The Kier molecular flexibility index (Phi) is 16.2. The maximum atomic E-state index is 14.7. The SMILES string of the molecule is CCCCCCCCCCOc1ccc(C(=O)Oc2ccc(OCC=C[C@H]3CC[C@H](CCCCC)CC3)cc2)c(F)c1F. The topological polar surface area (TPSA) is 44.8 Å². The Hall–Kier alpha value is -2.89. The van der Waals surface area contributed by atoms with Crippen molar-refractivity contribution in [3.8, 4) is 17.2 Å². The smallest absolute Gasteiger partial charge is 0.346 e. The van der Waals surface area contributed by atoms with E-state index in [-0.39, 0.29) is 11.5 Å². The number of ether oxygens (including phenoxy) is 3. The van der Waals surface area contributed by atoms with Crippen LogP contribution in [0.15, 0.2) is 48.6 Å². The van der Waals surface area contributed by atoms with Gasteiger partial charge in [-0.3, -0.25) is 0 Å². The van der Waals surface area contributed by atoms with Crippen molar-refractivity contribution in [1.82, 2.24) is 0 Å². The van der Waals surface area contributed by atoms with Gasteiger partial charge >= 0.3 is 5.97 Å². The molecule has 6 heteroatoms. The van der Waals surface area contributed by atoms with Crippen LogP contribution in [-0.2, 0) is 0 Å². The summed E-state index contributed by atoms with van der Waals surface area (Å²) in [7, 11) is 0. The van der Waals surface area contributed by atoms with Gasteiger partial charge in [0.05, 0.1) is 12.2 Å². The molecule has 0 aliphatic heterocycles. The molecule has 2 aromatic rings. The van der Waals surface area contributed by atoms with E-state index in [9.17, 15) is 13.6 Å². The van der Waals surface area contributed by atoms with E-state index < -0.39 is 23.2 Å². The van der Waals surface area contributed by atoms with E-state index in [4.69, 9.17) is 14.2 Å². The van der Waals surface area contributed by atoms with Crippen molar-refractivity contribution in [2.45, 2.75) is 117 Å². The van der Waals surface area contributed by atoms with Gasteiger partial charge in [0.1, 0.15) is 18.1 Å². The van der Waals surface area contributed by atoms with Gasteiger partial charge < -0.3 is 14.2 Å². The summed E-state index contributed by atoms with van der Waals surface area (Å²) in [5.41, 5.74) is -0.475. The van der Waals surface area contributed by atoms with Crippen LogP contribution in [0, 0.1) is 23.5 Å². The monoisotopic (exact) mass is 598 g/mol. The molecule has 0 amide bonds. The van der Waals surface area contributed by atoms with Gasteiger partial charge in [0, 0.05) is 0 Å². The van der Waals surface area contributed by atoms with Crippen LogP contribution in [0.4, 0.5) is 8.78 Å². The van der Waals surface area contributed by atoms with Crippen LogP contribution in [-0.4, -0.2) is 19.2 Å². The molecule has 0 spiro atoms. The first-order valence-corrected chi connectivity index (χ1v) is 16.7. The number of carbonyl (C=O) groups excluding carboxylic acids is 1. The van der Waals surface area contributed by atoms with Crippen LogP contribution in [0.3, 0.4) is 0 Å². The van der Waals surface area contributed by atoms with Gasteiger partial charge in [-0.1, -0.05) is 96.6 Å². The number of rotatable bonds is 20. The van der Waals surface area contributed by atoms with E-state index in [0.717, 1.165) is 25.2 Å². The number of hydrogen-bond donors (Lipinski definition) is 0. The molecule has 0 aromatic heterocycles. The Bertz CT molecular complexity index is 1090. The summed E-state index contributed by atoms with van der Waals surface area (Å²) in [5.74, 6) is -1.21. The fraction of sp³-hybridized carbons (Fsp3) is 0.595. The first-order chi connectivity index (χ1) is 21.0. The van der Waals surface area contributed by atoms with Crippen molar-refractivity contribution in [2.24, 2.45) is 11.8 Å². The Balaban J connectivity index is 1.36. The molecule has 0 N–H and O–H groups in total. The van der Waals surface area contributed by atoms with Crippen LogP contribution in [0.2, 0.25) is 0 Å². The predicted octanol–water partition coefficient (Wildman–Crippen LogP) is 11.0. The third kappa shape index (κ3) is 12.7. The molecule has 0 unspecified atom stereocenters. The summed E-state index contributed by atoms with van der Waals surface area (Å²) < 4.78 is 45.8. The molecule has 1 fully saturated rings. The molecule has 0 radical (unpaired) electrons. The zero-order valence-electron chi connectivity index (χ0n) is 26.4.